The fourth-order valence-corrected chi connectivity index (χ4v) is 4.14. The van der Waals surface area contributed by atoms with Crippen LogP contribution in [0.3, 0.4) is 0 Å². The lowest BCUT2D eigenvalue weighted by atomic mass is 9.90. The van der Waals surface area contributed by atoms with Crippen LogP contribution in [-0.4, -0.2) is 52.8 Å². The van der Waals surface area contributed by atoms with Gasteiger partial charge in [0, 0.05) is 50.4 Å². The van der Waals surface area contributed by atoms with Crippen molar-refractivity contribution in [2.75, 3.05) is 26.2 Å². The predicted octanol–water partition coefficient (Wildman–Crippen LogP) is 2.43. The summed E-state index contributed by atoms with van der Waals surface area (Å²) in [5.74, 6) is 1.01. The van der Waals surface area contributed by atoms with Gasteiger partial charge in [0.2, 0.25) is 11.8 Å². The van der Waals surface area contributed by atoms with Crippen molar-refractivity contribution in [2.45, 2.75) is 46.0 Å². The molecule has 0 aromatic carbocycles. The van der Waals surface area contributed by atoms with Crippen molar-refractivity contribution in [2.24, 2.45) is 11.8 Å². The van der Waals surface area contributed by atoms with E-state index in [1.54, 1.807) is 6.92 Å². The third-order valence-corrected chi connectivity index (χ3v) is 5.56. The Hall–Kier alpha value is -1.91. The average molecular weight is 343 g/mol. The summed E-state index contributed by atoms with van der Waals surface area (Å²) in [4.78, 5) is 32.9. The molecule has 0 saturated carbocycles. The molecule has 5 nitrogen and oxygen atoms in total. The first-order valence-corrected chi connectivity index (χ1v) is 9.50. The van der Waals surface area contributed by atoms with Crippen LogP contribution in [-0.2, 0) is 16.0 Å². The van der Waals surface area contributed by atoms with Gasteiger partial charge in [0.1, 0.15) is 0 Å². The molecule has 0 radical (unpaired) electrons. The van der Waals surface area contributed by atoms with E-state index in [0.29, 0.717) is 11.8 Å². The molecule has 0 aliphatic carbocycles. The second-order valence-electron chi connectivity index (χ2n) is 7.55. The summed E-state index contributed by atoms with van der Waals surface area (Å²) in [6, 6.07) is 6.17. The second kappa shape index (κ2) is 7.98. The number of rotatable bonds is 3. The number of piperidine rings is 2. The Bertz CT molecular complexity index is 623. The smallest absolute Gasteiger partial charge is 0.225 e. The van der Waals surface area contributed by atoms with Crippen LogP contribution in [0.1, 0.15) is 44.0 Å². The maximum absolute atomic E-state index is 12.9. The number of aromatic nitrogens is 1. The topological polar surface area (TPSA) is 53.5 Å². The van der Waals surface area contributed by atoms with Crippen molar-refractivity contribution in [3.8, 4) is 0 Å². The maximum atomic E-state index is 12.9. The van der Waals surface area contributed by atoms with E-state index in [-0.39, 0.29) is 11.8 Å². The molecule has 0 spiro atoms. The number of hydrogen-bond acceptors (Lipinski definition) is 3. The van der Waals surface area contributed by atoms with Crippen molar-refractivity contribution in [3.05, 3.63) is 29.6 Å². The Morgan fingerprint density at radius 1 is 1.12 bits per heavy atom. The molecule has 1 aromatic rings. The van der Waals surface area contributed by atoms with Crippen LogP contribution in [0.15, 0.2) is 18.2 Å². The molecule has 1 atom stereocenters. The minimum absolute atomic E-state index is 0.0893. The first-order valence-electron chi connectivity index (χ1n) is 9.50. The molecule has 2 fully saturated rings. The molecule has 2 saturated heterocycles. The van der Waals surface area contributed by atoms with Crippen molar-refractivity contribution in [3.63, 3.8) is 0 Å². The van der Waals surface area contributed by atoms with Gasteiger partial charge in [-0.15, -0.1) is 0 Å². The molecule has 0 bridgehead atoms. The second-order valence-corrected chi connectivity index (χ2v) is 7.55. The third kappa shape index (κ3) is 4.59. The molecule has 3 rings (SSSR count). The molecule has 1 aromatic heterocycles. The molecule has 2 amide bonds. The van der Waals surface area contributed by atoms with Gasteiger partial charge in [-0.2, -0.15) is 0 Å². The van der Waals surface area contributed by atoms with E-state index in [1.165, 1.54) is 6.42 Å². The molecule has 5 heteroatoms. The monoisotopic (exact) mass is 343 g/mol. The van der Waals surface area contributed by atoms with Crippen LogP contribution in [0, 0.1) is 18.8 Å². The van der Waals surface area contributed by atoms with E-state index in [9.17, 15) is 9.59 Å². The van der Waals surface area contributed by atoms with Crippen LogP contribution in [0.2, 0.25) is 0 Å². The van der Waals surface area contributed by atoms with Crippen LogP contribution in [0.4, 0.5) is 0 Å². The molecule has 2 aliphatic heterocycles. The van der Waals surface area contributed by atoms with Crippen molar-refractivity contribution in [1.82, 2.24) is 14.8 Å². The molecular formula is C20H29N3O2. The van der Waals surface area contributed by atoms with Gasteiger partial charge in [0.15, 0.2) is 0 Å². The van der Waals surface area contributed by atoms with Crippen molar-refractivity contribution < 1.29 is 9.59 Å². The van der Waals surface area contributed by atoms with Gasteiger partial charge < -0.3 is 9.80 Å². The fraction of sp³-hybridized carbons (Fsp3) is 0.650. The van der Waals surface area contributed by atoms with Crippen LogP contribution in [0.5, 0.6) is 0 Å². The van der Waals surface area contributed by atoms with Gasteiger partial charge in [0.05, 0.1) is 0 Å². The summed E-state index contributed by atoms with van der Waals surface area (Å²) >= 11 is 0. The third-order valence-electron chi connectivity index (χ3n) is 5.56. The lowest BCUT2D eigenvalue weighted by Crippen LogP contribution is -2.47. The van der Waals surface area contributed by atoms with Crippen molar-refractivity contribution in [1.29, 1.82) is 0 Å². The summed E-state index contributed by atoms with van der Waals surface area (Å²) < 4.78 is 0. The molecule has 0 N–H and O–H groups in total. The number of amides is 2. The Kier molecular flexibility index (Phi) is 5.71. The number of likely N-dealkylation sites (tertiary alicyclic amines) is 2. The molecular weight excluding hydrogens is 314 g/mol. The van der Waals surface area contributed by atoms with Gasteiger partial charge in [-0.25, -0.2) is 0 Å². The van der Waals surface area contributed by atoms with Gasteiger partial charge in [-0.05, 0) is 57.1 Å². The SMILES string of the molecule is CC(=O)N1CCC(C(=O)N2CCC[C@H](Cc3cccc(C)n3)C2)CC1. The largest absolute Gasteiger partial charge is 0.343 e. The van der Waals surface area contributed by atoms with Gasteiger partial charge in [-0.1, -0.05) is 6.07 Å². The van der Waals surface area contributed by atoms with E-state index in [1.807, 2.05) is 17.9 Å². The highest BCUT2D eigenvalue weighted by Crippen LogP contribution is 2.25. The number of pyridine rings is 1. The summed E-state index contributed by atoms with van der Waals surface area (Å²) in [6.07, 6.45) is 4.81. The molecule has 25 heavy (non-hydrogen) atoms. The number of nitrogens with zero attached hydrogens (tertiary/aromatic N) is 3. The molecule has 2 aliphatic rings. The van der Waals surface area contributed by atoms with Crippen LogP contribution in [0.25, 0.3) is 0 Å². The van der Waals surface area contributed by atoms with Gasteiger partial charge in [-0.3, -0.25) is 14.6 Å². The van der Waals surface area contributed by atoms with E-state index in [0.717, 1.165) is 63.3 Å². The summed E-state index contributed by atoms with van der Waals surface area (Å²) in [7, 11) is 0. The first-order chi connectivity index (χ1) is 12.0. The van der Waals surface area contributed by atoms with Gasteiger partial charge in [0.25, 0.3) is 0 Å². The van der Waals surface area contributed by atoms with E-state index >= 15 is 0 Å². The maximum Gasteiger partial charge on any atom is 0.225 e. The lowest BCUT2D eigenvalue weighted by Gasteiger charge is -2.37. The highest BCUT2D eigenvalue weighted by Gasteiger charge is 2.32. The summed E-state index contributed by atoms with van der Waals surface area (Å²) in [6.45, 7) is 6.79. The summed E-state index contributed by atoms with van der Waals surface area (Å²) in [5.41, 5.74) is 2.19. The highest BCUT2D eigenvalue weighted by molar-refractivity contribution is 5.79. The molecule has 3 heterocycles. The lowest BCUT2D eigenvalue weighted by molar-refractivity contribution is -0.141. The van der Waals surface area contributed by atoms with E-state index < -0.39 is 0 Å². The zero-order valence-electron chi connectivity index (χ0n) is 15.4. The number of hydrogen-bond donors (Lipinski definition) is 0. The van der Waals surface area contributed by atoms with E-state index in [2.05, 4.69) is 22.0 Å². The molecule has 136 valence electrons. The standard InChI is InChI=1S/C20H29N3O2/c1-15-5-3-7-19(21-15)13-17-6-4-10-23(14-17)20(25)18-8-11-22(12-9-18)16(2)24/h3,5,7,17-18H,4,6,8-14H2,1-2H3/t17-/m1/s1. The zero-order chi connectivity index (χ0) is 17.8. The number of aryl methyl sites for hydroxylation is 1. The van der Waals surface area contributed by atoms with Crippen molar-refractivity contribution >= 4 is 11.8 Å². The zero-order valence-corrected chi connectivity index (χ0v) is 15.4. The van der Waals surface area contributed by atoms with Gasteiger partial charge >= 0.3 is 0 Å². The number of carbonyl (C=O) groups is 2. The normalized spacial score (nSPS) is 22.1. The predicted molar refractivity (Wildman–Crippen MR) is 97.0 cm³/mol. The Morgan fingerprint density at radius 3 is 2.56 bits per heavy atom. The Balaban J connectivity index is 1.54. The number of carbonyl (C=O) groups excluding carboxylic acids is 2. The Morgan fingerprint density at radius 2 is 1.88 bits per heavy atom. The Labute approximate surface area is 150 Å². The minimum atomic E-state index is 0.0893. The summed E-state index contributed by atoms with van der Waals surface area (Å²) in [5, 5.41) is 0. The van der Waals surface area contributed by atoms with Crippen LogP contribution < -0.4 is 0 Å². The fourth-order valence-electron chi connectivity index (χ4n) is 4.14. The minimum Gasteiger partial charge on any atom is -0.343 e. The van der Waals surface area contributed by atoms with E-state index in [4.69, 9.17) is 0 Å². The van der Waals surface area contributed by atoms with Crippen LogP contribution >= 0.6 is 0 Å². The molecule has 0 unspecified atom stereocenters. The average Bonchev–Trinajstić information content (AvgIpc) is 2.61. The quantitative estimate of drug-likeness (QED) is 0.847. The highest BCUT2D eigenvalue weighted by atomic mass is 16.2. The first kappa shape index (κ1) is 17.9.